The Bertz CT molecular complexity index is 516. The zero-order chi connectivity index (χ0) is 12.3. The van der Waals surface area contributed by atoms with Crippen LogP contribution in [-0.4, -0.2) is 5.16 Å². The Hall–Kier alpha value is -1.87. The highest BCUT2D eigenvalue weighted by atomic mass is 16.5. The van der Waals surface area contributed by atoms with Crippen molar-refractivity contribution in [2.75, 3.05) is 0 Å². The fraction of sp³-hybridized carbons (Fsp3) is 0.214. The van der Waals surface area contributed by atoms with Crippen molar-refractivity contribution in [3.8, 4) is 11.3 Å². The lowest BCUT2D eigenvalue weighted by molar-refractivity contribution is 0.399. The highest BCUT2D eigenvalue weighted by Crippen LogP contribution is 2.28. The molecule has 0 saturated carbocycles. The summed E-state index contributed by atoms with van der Waals surface area (Å²) in [5.41, 5.74) is 9.05. The van der Waals surface area contributed by atoms with Crippen molar-refractivity contribution in [2.45, 2.75) is 19.4 Å². The summed E-state index contributed by atoms with van der Waals surface area (Å²) in [5.74, 6) is 0.798. The third-order valence-electron chi connectivity index (χ3n) is 2.68. The Labute approximate surface area is 101 Å². The van der Waals surface area contributed by atoms with Gasteiger partial charge in [0.2, 0.25) is 0 Å². The van der Waals surface area contributed by atoms with Crippen molar-refractivity contribution in [1.29, 1.82) is 0 Å². The van der Waals surface area contributed by atoms with E-state index in [-0.39, 0.29) is 6.04 Å². The van der Waals surface area contributed by atoms with Crippen LogP contribution in [0.15, 0.2) is 47.5 Å². The highest BCUT2D eigenvalue weighted by molar-refractivity contribution is 5.64. The molecule has 1 aromatic carbocycles. The van der Waals surface area contributed by atoms with Crippen LogP contribution in [0.2, 0.25) is 0 Å². The Morgan fingerprint density at radius 3 is 2.88 bits per heavy atom. The molecular weight excluding hydrogens is 212 g/mol. The summed E-state index contributed by atoms with van der Waals surface area (Å²) in [7, 11) is 0. The van der Waals surface area contributed by atoms with Gasteiger partial charge in [-0.25, -0.2) is 0 Å². The molecule has 0 amide bonds. The topological polar surface area (TPSA) is 52.0 Å². The van der Waals surface area contributed by atoms with Gasteiger partial charge >= 0.3 is 0 Å². The van der Waals surface area contributed by atoms with Crippen LogP contribution >= 0.6 is 0 Å². The maximum Gasteiger partial charge on any atom is 0.134 e. The van der Waals surface area contributed by atoms with Gasteiger partial charge in [-0.05, 0) is 18.9 Å². The third-order valence-corrected chi connectivity index (χ3v) is 2.68. The largest absolute Gasteiger partial charge is 0.361 e. The molecule has 88 valence electrons. The number of aromatic nitrogens is 1. The van der Waals surface area contributed by atoms with Gasteiger partial charge in [-0.3, -0.25) is 0 Å². The Balaban J connectivity index is 2.43. The summed E-state index contributed by atoms with van der Waals surface area (Å²) in [6.07, 6.45) is 2.57. The number of nitrogens with two attached hydrogens (primary N) is 1. The minimum absolute atomic E-state index is 0.0549. The third kappa shape index (κ3) is 2.45. The summed E-state index contributed by atoms with van der Waals surface area (Å²) in [6.45, 7) is 5.60. The second-order valence-electron chi connectivity index (χ2n) is 4.04. The molecule has 3 nitrogen and oxygen atoms in total. The number of benzene rings is 1. The smallest absolute Gasteiger partial charge is 0.134 e. The predicted molar refractivity (Wildman–Crippen MR) is 68.4 cm³/mol. The molecule has 1 aromatic heterocycles. The van der Waals surface area contributed by atoms with Crippen LogP contribution in [-0.2, 0) is 0 Å². The minimum atomic E-state index is -0.0549. The quantitative estimate of drug-likeness (QED) is 0.817. The molecule has 0 aliphatic rings. The van der Waals surface area contributed by atoms with Gasteiger partial charge in [0, 0.05) is 17.7 Å². The molecule has 1 heterocycles. The van der Waals surface area contributed by atoms with Gasteiger partial charge in [0.1, 0.15) is 11.5 Å². The first kappa shape index (κ1) is 11.6. The predicted octanol–water partition coefficient (Wildman–Crippen LogP) is 3.23. The van der Waals surface area contributed by atoms with E-state index in [4.69, 9.17) is 10.3 Å². The Morgan fingerprint density at radius 2 is 2.24 bits per heavy atom. The van der Waals surface area contributed by atoms with Gasteiger partial charge in [-0.2, -0.15) is 0 Å². The van der Waals surface area contributed by atoms with E-state index in [9.17, 15) is 0 Å². The normalized spacial score (nSPS) is 12.4. The standard InChI is InChI=1S/C14H16N2O/c1-3-6-13(15)11-7-4-5-8-12(11)14-9-10(2)17-16-14/h3-5,7-9,13H,1,6,15H2,2H3. The first-order valence-electron chi connectivity index (χ1n) is 5.61. The molecule has 0 spiro atoms. The number of hydrogen-bond donors (Lipinski definition) is 1. The van der Waals surface area contributed by atoms with Gasteiger partial charge in [-0.1, -0.05) is 35.5 Å². The molecule has 17 heavy (non-hydrogen) atoms. The van der Waals surface area contributed by atoms with Crippen LogP contribution < -0.4 is 5.73 Å². The summed E-state index contributed by atoms with van der Waals surface area (Å²) >= 11 is 0. The lowest BCUT2D eigenvalue weighted by atomic mass is 9.96. The zero-order valence-corrected chi connectivity index (χ0v) is 9.89. The van der Waals surface area contributed by atoms with Crippen molar-refractivity contribution in [3.05, 3.63) is 54.3 Å². The van der Waals surface area contributed by atoms with Crippen LogP contribution in [0.25, 0.3) is 11.3 Å². The number of nitrogens with zero attached hydrogens (tertiary/aromatic N) is 1. The van der Waals surface area contributed by atoms with Crippen LogP contribution in [0, 0.1) is 6.92 Å². The highest BCUT2D eigenvalue weighted by Gasteiger charge is 2.13. The number of rotatable bonds is 4. The number of hydrogen-bond acceptors (Lipinski definition) is 3. The monoisotopic (exact) mass is 228 g/mol. The molecule has 0 fully saturated rings. The van der Waals surface area contributed by atoms with E-state index in [1.807, 2.05) is 43.3 Å². The van der Waals surface area contributed by atoms with Gasteiger partial charge in [0.25, 0.3) is 0 Å². The molecule has 1 atom stereocenters. The van der Waals surface area contributed by atoms with E-state index in [2.05, 4.69) is 11.7 Å². The maximum atomic E-state index is 6.12. The second kappa shape index (κ2) is 4.97. The van der Waals surface area contributed by atoms with Gasteiger partial charge in [0.05, 0.1) is 0 Å². The van der Waals surface area contributed by atoms with Crippen molar-refractivity contribution >= 4 is 0 Å². The zero-order valence-electron chi connectivity index (χ0n) is 9.89. The SMILES string of the molecule is C=CCC(N)c1ccccc1-c1cc(C)on1. The molecule has 2 N–H and O–H groups in total. The van der Waals surface area contributed by atoms with E-state index >= 15 is 0 Å². The number of aryl methyl sites for hydroxylation is 1. The maximum absolute atomic E-state index is 6.12. The Kier molecular flexibility index (Phi) is 3.40. The van der Waals surface area contributed by atoms with E-state index in [1.54, 1.807) is 0 Å². The van der Waals surface area contributed by atoms with E-state index in [1.165, 1.54) is 0 Å². The Morgan fingerprint density at radius 1 is 1.47 bits per heavy atom. The fourth-order valence-corrected chi connectivity index (χ4v) is 1.85. The average molecular weight is 228 g/mol. The second-order valence-corrected chi connectivity index (χ2v) is 4.04. The van der Waals surface area contributed by atoms with Crippen molar-refractivity contribution in [3.63, 3.8) is 0 Å². The van der Waals surface area contributed by atoms with Crippen molar-refractivity contribution in [1.82, 2.24) is 5.16 Å². The van der Waals surface area contributed by atoms with Crippen LogP contribution in [0.3, 0.4) is 0 Å². The molecule has 0 bridgehead atoms. The molecule has 0 saturated heterocycles. The van der Waals surface area contributed by atoms with Crippen LogP contribution in [0.5, 0.6) is 0 Å². The van der Waals surface area contributed by atoms with Crippen molar-refractivity contribution < 1.29 is 4.52 Å². The molecule has 2 aromatic rings. The lowest BCUT2D eigenvalue weighted by Crippen LogP contribution is -2.10. The molecular formula is C14H16N2O. The first-order chi connectivity index (χ1) is 8.22. The first-order valence-corrected chi connectivity index (χ1v) is 5.61. The molecule has 0 radical (unpaired) electrons. The van der Waals surface area contributed by atoms with Gasteiger partial charge < -0.3 is 10.3 Å². The summed E-state index contributed by atoms with van der Waals surface area (Å²) in [5, 5.41) is 4.03. The summed E-state index contributed by atoms with van der Waals surface area (Å²) < 4.78 is 5.10. The molecule has 0 aliphatic heterocycles. The average Bonchev–Trinajstić information content (AvgIpc) is 2.76. The molecule has 2 rings (SSSR count). The van der Waals surface area contributed by atoms with Gasteiger partial charge in [0.15, 0.2) is 0 Å². The van der Waals surface area contributed by atoms with Crippen LogP contribution in [0.1, 0.15) is 23.8 Å². The van der Waals surface area contributed by atoms with Crippen molar-refractivity contribution in [2.24, 2.45) is 5.73 Å². The van der Waals surface area contributed by atoms with Crippen LogP contribution in [0.4, 0.5) is 0 Å². The van der Waals surface area contributed by atoms with E-state index in [0.717, 1.165) is 29.0 Å². The molecule has 0 aliphatic carbocycles. The van der Waals surface area contributed by atoms with Gasteiger partial charge in [-0.15, -0.1) is 6.58 Å². The summed E-state index contributed by atoms with van der Waals surface area (Å²) in [4.78, 5) is 0. The van der Waals surface area contributed by atoms with E-state index < -0.39 is 0 Å². The molecule has 1 unspecified atom stereocenters. The summed E-state index contributed by atoms with van der Waals surface area (Å²) in [6, 6.07) is 9.85. The lowest BCUT2D eigenvalue weighted by Gasteiger charge is -2.13. The molecule has 3 heteroatoms. The fourth-order valence-electron chi connectivity index (χ4n) is 1.85. The van der Waals surface area contributed by atoms with E-state index in [0.29, 0.717) is 0 Å². The minimum Gasteiger partial charge on any atom is -0.361 e.